The molecule has 0 atom stereocenters. The average Bonchev–Trinajstić information content (AvgIpc) is 2.94. The molecular weight excluding hydrogens is 252 g/mol. The van der Waals surface area contributed by atoms with E-state index in [0.29, 0.717) is 12.0 Å². The Kier molecular flexibility index (Phi) is 3.16. The van der Waals surface area contributed by atoms with Crippen LogP contribution in [0, 0.1) is 6.92 Å². The SMILES string of the molecule is Cc1c[nH]c(C=C2C(=O)Nc3ccccc32)c1CCO. The van der Waals surface area contributed by atoms with E-state index in [1.54, 1.807) is 0 Å². The Bertz CT molecular complexity index is 698. The topological polar surface area (TPSA) is 65.1 Å². The predicted molar refractivity (Wildman–Crippen MR) is 79.3 cm³/mol. The van der Waals surface area contributed by atoms with Crippen LogP contribution in [0.15, 0.2) is 30.5 Å². The minimum atomic E-state index is -0.0894. The van der Waals surface area contributed by atoms with Crippen molar-refractivity contribution in [1.82, 2.24) is 4.98 Å². The van der Waals surface area contributed by atoms with Crippen LogP contribution in [0.2, 0.25) is 0 Å². The second-order valence-corrected chi connectivity index (χ2v) is 4.90. The molecule has 102 valence electrons. The monoisotopic (exact) mass is 268 g/mol. The molecule has 4 heteroatoms. The van der Waals surface area contributed by atoms with Gasteiger partial charge in [-0.3, -0.25) is 4.79 Å². The van der Waals surface area contributed by atoms with E-state index in [0.717, 1.165) is 28.1 Å². The molecule has 0 radical (unpaired) electrons. The molecule has 3 N–H and O–H groups in total. The Morgan fingerprint density at radius 2 is 2.10 bits per heavy atom. The number of H-pyrrole nitrogens is 1. The van der Waals surface area contributed by atoms with E-state index in [9.17, 15) is 4.79 Å². The number of aryl methyl sites for hydroxylation is 1. The van der Waals surface area contributed by atoms with E-state index in [2.05, 4.69) is 10.3 Å². The van der Waals surface area contributed by atoms with Crippen LogP contribution in [0.3, 0.4) is 0 Å². The zero-order valence-electron chi connectivity index (χ0n) is 11.2. The maximum Gasteiger partial charge on any atom is 0.256 e. The lowest BCUT2D eigenvalue weighted by Gasteiger charge is -2.01. The van der Waals surface area contributed by atoms with Gasteiger partial charge in [0.25, 0.3) is 5.91 Å². The minimum Gasteiger partial charge on any atom is -0.396 e. The second-order valence-electron chi connectivity index (χ2n) is 4.90. The number of fused-ring (bicyclic) bond motifs is 1. The summed E-state index contributed by atoms with van der Waals surface area (Å²) in [4.78, 5) is 15.2. The zero-order chi connectivity index (χ0) is 14.1. The molecule has 0 spiro atoms. The minimum absolute atomic E-state index is 0.0894. The first kappa shape index (κ1) is 12.7. The number of para-hydroxylation sites is 1. The summed E-state index contributed by atoms with van der Waals surface area (Å²) in [7, 11) is 0. The van der Waals surface area contributed by atoms with Crippen molar-refractivity contribution < 1.29 is 9.90 Å². The van der Waals surface area contributed by atoms with Gasteiger partial charge in [-0.15, -0.1) is 0 Å². The summed E-state index contributed by atoms with van der Waals surface area (Å²) in [6.07, 6.45) is 4.34. The summed E-state index contributed by atoms with van der Waals surface area (Å²) in [5.41, 5.74) is 5.45. The number of hydrogen-bond donors (Lipinski definition) is 3. The van der Waals surface area contributed by atoms with Crippen molar-refractivity contribution >= 4 is 23.2 Å². The number of carbonyl (C=O) groups is 1. The van der Waals surface area contributed by atoms with E-state index in [-0.39, 0.29) is 12.5 Å². The Morgan fingerprint density at radius 3 is 2.90 bits per heavy atom. The van der Waals surface area contributed by atoms with Gasteiger partial charge in [0, 0.05) is 29.7 Å². The number of aliphatic hydroxyl groups is 1. The molecule has 0 fully saturated rings. The molecule has 1 amide bonds. The van der Waals surface area contributed by atoms with Crippen LogP contribution in [-0.2, 0) is 11.2 Å². The molecule has 4 nitrogen and oxygen atoms in total. The first-order valence-electron chi connectivity index (χ1n) is 6.61. The molecule has 0 saturated carbocycles. The third-order valence-corrected chi connectivity index (χ3v) is 3.61. The molecule has 0 unspecified atom stereocenters. The summed E-state index contributed by atoms with van der Waals surface area (Å²) >= 11 is 0. The van der Waals surface area contributed by atoms with E-state index < -0.39 is 0 Å². The van der Waals surface area contributed by atoms with Crippen molar-refractivity contribution in [2.24, 2.45) is 0 Å². The second kappa shape index (κ2) is 4.98. The van der Waals surface area contributed by atoms with Crippen LogP contribution in [0.5, 0.6) is 0 Å². The number of aliphatic hydroxyl groups excluding tert-OH is 1. The van der Waals surface area contributed by atoms with Crippen LogP contribution in [-0.4, -0.2) is 22.6 Å². The lowest BCUT2D eigenvalue weighted by molar-refractivity contribution is -0.110. The summed E-state index contributed by atoms with van der Waals surface area (Å²) < 4.78 is 0. The van der Waals surface area contributed by atoms with Gasteiger partial charge in [0.1, 0.15) is 0 Å². The highest BCUT2D eigenvalue weighted by molar-refractivity contribution is 6.34. The van der Waals surface area contributed by atoms with Gasteiger partial charge in [0.15, 0.2) is 0 Å². The van der Waals surface area contributed by atoms with E-state index >= 15 is 0 Å². The van der Waals surface area contributed by atoms with Gasteiger partial charge in [-0.05, 0) is 36.6 Å². The number of amides is 1. The first-order valence-corrected chi connectivity index (χ1v) is 6.61. The maximum atomic E-state index is 12.1. The molecular formula is C16H16N2O2. The van der Waals surface area contributed by atoms with Gasteiger partial charge in [0.05, 0.1) is 5.57 Å². The molecule has 2 heterocycles. The predicted octanol–water partition coefficient (Wildman–Crippen LogP) is 2.35. The lowest BCUT2D eigenvalue weighted by atomic mass is 10.0. The number of anilines is 1. The largest absolute Gasteiger partial charge is 0.396 e. The van der Waals surface area contributed by atoms with Crippen LogP contribution in [0.4, 0.5) is 5.69 Å². The summed E-state index contributed by atoms with van der Waals surface area (Å²) in [5, 5.41) is 12.0. The number of nitrogens with one attached hydrogen (secondary N) is 2. The summed E-state index contributed by atoms with van der Waals surface area (Å²) in [6, 6.07) is 7.64. The molecule has 2 aromatic rings. The number of benzene rings is 1. The van der Waals surface area contributed by atoms with Crippen molar-refractivity contribution in [2.75, 3.05) is 11.9 Å². The average molecular weight is 268 g/mol. The fourth-order valence-electron chi connectivity index (χ4n) is 2.57. The number of rotatable bonds is 3. The van der Waals surface area contributed by atoms with Crippen LogP contribution >= 0.6 is 0 Å². The highest BCUT2D eigenvalue weighted by Gasteiger charge is 2.23. The third kappa shape index (κ3) is 2.04. The molecule has 1 aromatic heterocycles. The van der Waals surface area contributed by atoms with Crippen molar-refractivity contribution in [3.63, 3.8) is 0 Å². The van der Waals surface area contributed by atoms with Crippen molar-refractivity contribution in [3.05, 3.63) is 52.8 Å². The Hall–Kier alpha value is -2.33. The Labute approximate surface area is 117 Å². The van der Waals surface area contributed by atoms with Crippen LogP contribution < -0.4 is 5.32 Å². The number of hydrogen-bond acceptors (Lipinski definition) is 2. The number of carbonyl (C=O) groups excluding carboxylic acids is 1. The van der Waals surface area contributed by atoms with Gasteiger partial charge < -0.3 is 15.4 Å². The molecule has 0 bridgehead atoms. The molecule has 20 heavy (non-hydrogen) atoms. The zero-order valence-corrected chi connectivity index (χ0v) is 11.2. The van der Waals surface area contributed by atoms with E-state index in [1.807, 2.05) is 43.5 Å². The van der Waals surface area contributed by atoms with Crippen molar-refractivity contribution in [2.45, 2.75) is 13.3 Å². The lowest BCUT2D eigenvalue weighted by Crippen LogP contribution is -2.04. The van der Waals surface area contributed by atoms with Crippen molar-refractivity contribution in [3.8, 4) is 0 Å². The fourth-order valence-corrected chi connectivity index (χ4v) is 2.57. The van der Waals surface area contributed by atoms with Crippen molar-refractivity contribution in [1.29, 1.82) is 0 Å². The smallest absolute Gasteiger partial charge is 0.256 e. The van der Waals surface area contributed by atoms with Gasteiger partial charge >= 0.3 is 0 Å². The summed E-state index contributed by atoms with van der Waals surface area (Å²) in [6.45, 7) is 2.09. The molecule has 0 saturated heterocycles. The fraction of sp³-hybridized carbons (Fsp3) is 0.188. The first-order chi connectivity index (χ1) is 9.70. The normalized spacial score (nSPS) is 15.5. The highest BCUT2D eigenvalue weighted by atomic mass is 16.3. The molecule has 3 rings (SSSR count). The van der Waals surface area contributed by atoms with Gasteiger partial charge in [-0.2, -0.15) is 0 Å². The Morgan fingerprint density at radius 1 is 1.30 bits per heavy atom. The molecule has 1 aliphatic heterocycles. The van der Waals surface area contributed by atoms with E-state index in [4.69, 9.17) is 5.11 Å². The van der Waals surface area contributed by atoms with Crippen LogP contribution in [0.25, 0.3) is 11.6 Å². The quantitative estimate of drug-likeness (QED) is 0.748. The molecule has 0 aliphatic carbocycles. The molecule has 1 aliphatic rings. The molecule has 1 aromatic carbocycles. The number of aromatic nitrogens is 1. The van der Waals surface area contributed by atoms with E-state index in [1.165, 1.54) is 0 Å². The standard InChI is InChI=1S/C16H16N2O2/c1-10-9-17-15(11(10)6-7-19)8-13-12-4-2-3-5-14(12)18-16(13)20/h2-5,8-9,17,19H,6-7H2,1H3,(H,18,20). The van der Waals surface area contributed by atoms with Crippen LogP contribution in [0.1, 0.15) is 22.4 Å². The van der Waals surface area contributed by atoms with Gasteiger partial charge in [-0.1, -0.05) is 18.2 Å². The maximum absolute atomic E-state index is 12.1. The Balaban J connectivity index is 2.07. The van der Waals surface area contributed by atoms with Gasteiger partial charge in [0.2, 0.25) is 0 Å². The van der Waals surface area contributed by atoms with Gasteiger partial charge in [-0.25, -0.2) is 0 Å². The number of aromatic amines is 1. The summed E-state index contributed by atoms with van der Waals surface area (Å²) in [5.74, 6) is -0.0894. The third-order valence-electron chi connectivity index (χ3n) is 3.61. The highest BCUT2D eigenvalue weighted by Crippen LogP contribution is 2.33.